The molecule has 1 unspecified atom stereocenters. The van der Waals surface area contributed by atoms with Gasteiger partial charge in [-0.1, -0.05) is 5.10 Å². The minimum atomic E-state index is -0.216. The number of tetrazole rings is 1. The van der Waals surface area contributed by atoms with E-state index in [1.807, 2.05) is 0 Å². The number of hydrogen-bond donors (Lipinski definition) is 3. The zero-order valence-electron chi connectivity index (χ0n) is 7.02. The number of rotatable bonds is 3. The molecule has 0 aliphatic rings. The lowest BCUT2D eigenvalue weighted by molar-refractivity contribution is -0.116. The number of nitrogens with one attached hydrogen (secondary N) is 2. The number of nitrogens with zero attached hydrogens (tertiary/aromatic N) is 3. The van der Waals surface area contributed by atoms with E-state index in [1.165, 1.54) is 0 Å². The fourth-order valence-electron chi connectivity index (χ4n) is 0.683. The van der Waals surface area contributed by atoms with Gasteiger partial charge in [-0.3, -0.25) is 10.1 Å². The Kier molecular flexibility index (Phi) is 4.93. The smallest absolute Gasteiger partial charge is 0.269 e. The monoisotopic (exact) mass is 206 g/mol. The highest BCUT2D eigenvalue weighted by atomic mass is 35.5. The topological polar surface area (TPSA) is 110 Å². The Hall–Kier alpha value is -1.21. The van der Waals surface area contributed by atoms with Crippen LogP contribution in [0.25, 0.3) is 0 Å². The number of amides is 1. The molecule has 1 heterocycles. The third kappa shape index (κ3) is 4.38. The number of anilines is 1. The number of aromatic nitrogens is 4. The fourth-order valence-corrected chi connectivity index (χ4v) is 0.683. The van der Waals surface area contributed by atoms with Gasteiger partial charge in [-0.2, -0.15) is 5.21 Å². The fraction of sp³-hybridized carbons (Fsp3) is 0.600. The first kappa shape index (κ1) is 11.8. The van der Waals surface area contributed by atoms with Gasteiger partial charge in [-0.25, -0.2) is 0 Å². The van der Waals surface area contributed by atoms with E-state index in [4.69, 9.17) is 5.73 Å². The van der Waals surface area contributed by atoms with Crippen LogP contribution < -0.4 is 11.1 Å². The normalized spacial score (nSPS) is 11.5. The maximum absolute atomic E-state index is 11.0. The predicted molar refractivity (Wildman–Crippen MR) is 48.3 cm³/mol. The van der Waals surface area contributed by atoms with Crippen molar-refractivity contribution in [2.75, 3.05) is 5.32 Å². The van der Waals surface area contributed by atoms with Gasteiger partial charge in [0.1, 0.15) is 0 Å². The van der Waals surface area contributed by atoms with Gasteiger partial charge in [-0.15, -0.1) is 17.5 Å². The number of carbonyl (C=O) groups is 1. The first-order valence-electron chi connectivity index (χ1n) is 3.47. The minimum absolute atomic E-state index is 0. The highest BCUT2D eigenvalue weighted by molar-refractivity contribution is 5.89. The van der Waals surface area contributed by atoms with Crippen molar-refractivity contribution in [2.24, 2.45) is 5.73 Å². The zero-order valence-corrected chi connectivity index (χ0v) is 7.84. The van der Waals surface area contributed by atoms with Crippen LogP contribution >= 0.6 is 12.4 Å². The van der Waals surface area contributed by atoms with Gasteiger partial charge in [0.25, 0.3) is 5.95 Å². The molecule has 7 nitrogen and oxygen atoms in total. The van der Waals surface area contributed by atoms with Gasteiger partial charge >= 0.3 is 0 Å². The molecule has 1 aromatic heterocycles. The number of hydrogen-bond acceptors (Lipinski definition) is 5. The molecule has 74 valence electrons. The van der Waals surface area contributed by atoms with Crippen LogP contribution in [0.2, 0.25) is 0 Å². The zero-order chi connectivity index (χ0) is 8.97. The third-order valence-electron chi connectivity index (χ3n) is 1.10. The number of H-pyrrole nitrogens is 1. The van der Waals surface area contributed by atoms with Crippen molar-refractivity contribution in [3.8, 4) is 0 Å². The van der Waals surface area contributed by atoms with Crippen LogP contribution in [0.3, 0.4) is 0 Å². The standard InChI is InChI=1S/C5H10N6O.ClH/c1-3(6)2-4(12)7-5-8-10-11-9-5;/h3H,2,6H2,1H3,(H2,7,8,9,10,11,12);1H. The molecule has 0 spiro atoms. The van der Waals surface area contributed by atoms with E-state index in [0.717, 1.165) is 0 Å². The molecule has 0 bridgehead atoms. The summed E-state index contributed by atoms with van der Waals surface area (Å²) >= 11 is 0. The molecule has 0 aromatic carbocycles. The molecule has 0 radical (unpaired) electrons. The average Bonchev–Trinajstić information content (AvgIpc) is 2.37. The van der Waals surface area contributed by atoms with E-state index in [0.29, 0.717) is 0 Å². The van der Waals surface area contributed by atoms with E-state index >= 15 is 0 Å². The van der Waals surface area contributed by atoms with Crippen molar-refractivity contribution in [3.63, 3.8) is 0 Å². The van der Waals surface area contributed by atoms with E-state index < -0.39 is 0 Å². The van der Waals surface area contributed by atoms with E-state index in [9.17, 15) is 4.79 Å². The summed E-state index contributed by atoms with van der Waals surface area (Å²) in [6.45, 7) is 1.75. The SMILES string of the molecule is CC(N)CC(=O)Nc1nn[nH]n1.Cl. The summed E-state index contributed by atoms with van der Waals surface area (Å²) in [6.07, 6.45) is 0.245. The summed E-state index contributed by atoms with van der Waals surface area (Å²) < 4.78 is 0. The average molecular weight is 207 g/mol. The van der Waals surface area contributed by atoms with Crippen LogP contribution in [0.15, 0.2) is 0 Å². The van der Waals surface area contributed by atoms with Crippen LogP contribution in [0, 0.1) is 0 Å². The Morgan fingerprint density at radius 2 is 2.46 bits per heavy atom. The number of carbonyl (C=O) groups excluding carboxylic acids is 1. The molecule has 0 fully saturated rings. The summed E-state index contributed by atoms with van der Waals surface area (Å²) in [5, 5.41) is 15.0. The predicted octanol–water partition coefficient (Wildman–Crippen LogP) is -0.703. The molecule has 1 atom stereocenters. The second kappa shape index (κ2) is 5.44. The Labute approximate surface area is 80.9 Å². The molecular weight excluding hydrogens is 196 g/mol. The largest absolute Gasteiger partial charge is 0.327 e. The third-order valence-corrected chi connectivity index (χ3v) is 1.10. The van der Waals surface area contributed by atoms with Gasteiger partial charge in [0, 0.05) is 12.5 Å². The second-order valence-corrected chi connectivity index (χ2v) is 2.46. The maximum Gasteiger partial charge on any atom is 0.269 e. The lowest BCUT2D eigenvalue weighted by Gasteiger charge is -2.02. The quantitative estimate of drug-likeness (QED) is 0.606. The van der Waals surface area contributed by atoms with Gasteiger partial charge in [0.2, 0.25) is 5.91 Å². The van der Waals surface area contributed by atoms with Crippen molar-refractivity contribution in [2.45, 2.75) is 19.4 Å². The Morgan fingerprint density at radius 3 is 2.92 bits per heavy atom. The molecule has 13 heavy (non-hydrogen) atoms. The van der Waals surface area contributed by atoms with Gasteiger partial charge < -0.3 is 5.73 Å². The van der Waals surface area contributed by atoms with Crippen LogP contribution in [-0.4, -0.2) is 32.6 Å². The molecule has 8 heteroatoms. The number of nitrogens with two attached hydrogens (primary N) is 1. The van der Waals surface area contributed by atoms with Crippen molar-refractivity contribution >= 4 is 24.3 Å². The van der Waals surface area contributed by atoms with Crippen molar-refractivity contribution < 1.29 is 4.79 Å². The van der Waals surface area contributed by atoms with E-state index in [1.54, 1.807) is 6.92 Å². The van der Waals surface area contributed by atoms with Gasteiger partial charge in [0.05, 0.1) is 0 Å². The lowest BCUT2D eigenvalue weighted by Crippen LogP contribution is -2.24. The van der Waals surface area contributed by atoms with Crippen molar-refractivity contribution in [1.82, 2.24) is 20.6 Å². The lowest BCUT2D eigenvalue weighted by atomic mass is 10.2. The molecular formula is C5H11ClN6O. The second-order valence-electron chi connectivity index (χ2n) is 2.46. The molecule has 1 aromatic rings. The van der Waals surface area contributed by atoms with Crippen LogP contribution in [0.4, 0.5) is 5.95 Å². The highest BCUT2D eigenvalue weighted by Gasteiger charge is 2.06. The summed E-state index contributed by atoms with van der Waals surface area (Å²) in [7, 11) is 0. The molecule has 0 saturated carbocycles. The summed E-state index contributed by atoms with van der Waals surface area (Å²) in [6, 6.07) is -0.170. The number of halogens is 1. The first-order valence-corrected chi connectivity index (χ1v) is 3.47. The van der Waals surface area contributed by atoms with Gasteiger partial charge in [0.15, 0.2) is 0 Å². The molecule has 4 N–H and O–H groups in total. The first-order chi connectivity index (χ1) is 5.68. The molecule has 1 amide bonds. The summed E-state index contributed by atoms with van der Waals surface area (Å²) in [5.74, 6) is -0.0490. The minimum Gasteiger partial charge on any atom is -0.327 e. The maximum atomic E-state index is 11.0. The van der Waals surface area contributed by atoms with E-state index in [-0.39, 0.29) is 36.7 Å². The molecule has 0 aliphatic carbocycles. The van der Waals surface area contributed by atoms with Crippen LogP contribution in [0.1, 0.15) is 13.3 Å². The molecule has 0 saturated heterocycles. The number of aromatic amines is 1. The Balaban J connectivity index is 0.00000144. The molecule has 0 aliphatic heterocycles. The summed E-state index contributed by atoms with van der Waals surface area (Å²) in [4.78, 5) is 11.0. The van der Waals surface area contributed by atoms with Crippen molar-refractivity contribution in [3.05, 3.63) is 0 Å². The Bertz CT molecular complexity index is 248. The van der Waals surface area contributed by atoms with Crippen LogP contribution in [0.5, 0.6) is 0 Å². The van der Waals surface area contributed by atoms with Crippen LogP contribution in [-0.2, 0) is 4.79 Å². The van der Waals surface area contributed by atoms with E-state index in [2.05, 4.69) is 25.9 Å². The summed E-state index contributed by atoms with van der Waals surface area (Å²) in [5.41, 5.74) is 5.40. The van der Waals surface area contributed by atoms with Gasteiger partial charge in [-0.05, 0) is 12.1 Å². The van der Waals surface area contributed by atoms with Crippen molar-refractivity contribution in [1.29, 1.82) is 0 Å². The highest BCUT2D eigenvalue weighted by Crippen LogP contribution is 1.94. The molecule has 1 rings (SSSR count). The Morgan fingerprint density at radius 1 is 1.77 bits per heavy atom.